The van der Waals surface area contributed by atoms with Gasteiger partial charge in [0.2, 0.25) is 5.91 Å². The number of carbonyl (C=O) groups is 2. The summed E-state index contributed by atoms with van der Waals surface area (Å²) in [5.41, 5.74) is 0.277. The second-order valence-electron chi connectivity index (χ2n) is 6.26. The zero-order valence-corrected chi connectivity index (χ0v) is 15.6. The molecular weight excluding hydrogens is 362 g/mol. The summed E-state index contributed by atoms with van der Waals surface area (Å²) in [5, 5.41) is 14.4. The van der Waals surface area contributed by atoms with Crippen LogP contribution >= 0.6 is 11.6 Å². The van der Waals surface area contributed by atoms with E-state index >= 15 is 0 Å². The highest BCUT2D eigenvalue weighted by Crippen LogP contribution is 2.31. The Hall–Kier alpha value is -2.54. The van der Waals surface area contributed by atoms with Gasteiger partial charge >= 0.3 is 5.63 Å². The lowest BCUT2D eigenvalue weighted by atomic mass is 10.0. The Morgan fingerprint density at radius 1 is 1.35 bits per heavy atom. The van der Waals surface area contributed by atoms with Gasteiger partial charge in [-0.1, -0.05) is 25.4 Å². The van der Waals surface area contributed by atoms with Gasteiger partial charge in [-0.2, -0.15) is 0 Å². The third kappa shape index (κ3) is 3.99. The van der Waals surface area contributed by atoms with Gasteiger partial charge in [0.1, 0.15) is 11.3 Å². The van der Waals surface area contributed by atoms with E-state index in [2.05, 4.69) is 5.32 Å². The van der Waals surface area contributed by atoms with Crippen molar-refractivity contribution in [2.75, 3.05) is 7.11 Å². The van der Waals surface area contributed by atoms with Crippen molar-refractivity contribution >= 4 is 34.4 Å². The number of benzene rings is 1. The van der Waals surface area contributed by atoms with Crippen LogP contribution < -0.4 is 20.8 Å². The number of methoxy groups -OCH3 is 1. The summed E-state index contributed by atoms with van der Waals surface area (Å²) in [6, 6.07) is 1.95. The summed E-state index contributed by atoms with van der Waals surface area (Å²) in [7, 11) is 1.44. The number of aliphatic carboxylic acids is 1. The molecule has 0 fully saturated rings. The van der Waals surface area contributed by atoms with E-state index < -0.39 is 23.5 Å². The molecule has 1 N–H and O–H groups in total. The minimum absolute atomic E-state index is 0.136. The number of nitrogens with one attached hydrogen (secondary N) is 1. The molecule has 140 valence electrons. The van der Waals surface area contributed by atoms with Crippen molar-refractivity contribution < 1.29 is 23.8 Å². The first-order chi connectivity index (χ1) is 12.1. The summed E-state index contributed by atoms with van der Waals surface area (Å²) in [4.78, 5) is 35.6. The van der Waals surface area contributed by atoms with Gasteiger partial charge in [-0.15, -0.1) is 0 Å². The van der Waals surface area contributed by atoms with Crippen molar-refractivity contribution in [2.24, 2.45) is 5.92 Å². The Balaban J connectivity index is 2.39. The molecule has 0 bridgehead atoms. The van der Waals surface area contributed by atoms with Gasteiger partial charge in [0.25, 0.3) is 0 Å². The minimum Gasteiger partial charge on any atom is -0.548 e. The minimum atomic E-state index is -1.38. The monoisotopic (exact) mass is 380 g/mol. The average Bonchev–Trinajstić information content (AvgIpc) is 2.56. The average molecular weight is 381 g/mol. The summed E-state index contributed by atoms with van der Waals surface area (Å²) in [5.74, 6) is -1.98. The number of amides is 1. The van der Waals surface area contributed by atoms with Crippen molar-refractivity contribution in [3.63, 3.8) is 0 Å². The van der Waals surface area contributed by atoms with E-state index in [4.69, 9.17) is 20.8 Å². The number of hydrogen-bond acceptors (Lipinski definition) is 6. The van der Waals surface area contributed by atoms with Gasteiger partial charge in [0.05, 0.1) is 36.1 Å². The van der Waals surface area contributed by atoms with Crippen LogP contribution in [0.5, 0.6) is 5.75 Å². The Morgan fingerprint density at radius 2 is 2.00 bits per heavy atom. The molecule has 2 rings (SSSR count). The number of carbonyl (C=O) groups excluding carboxylic acids is 2. The second-order valence-corrected chi connectivity index (χ2v) is 6.67. The number of carboxylic acids is 1. The second kappa shape index (κ2) is 7.78. The SMILES string of the molecule is COc1cc2oc(=O)c(CC(=O)N[C@H](C(=O)[O-])C(C)C)c(C)c2cc1Cl. The third-order valence-corrected chi connectivity index (χ3v) is 4.43. The molecule has 0 saturated heterocycles. The van der Waals surface area contributed by atoms with Gasteiger partial charge in [0, 0.05) is 11.5 Å². The van der Waals surface area contributed by atoms with Crippen LogP contribution in [-0.2, 0) is 16.0 Å². The van der Waals surface area contributed by atoms with E-state index in [0.717, 1.165) is 0 Å². The van der Waals surface area contributed by atoms with Crippen molar-refractivity contribution in [1.82, 2.24) is 5.32 Å². The maximum absolute atomic E-state index is 12.3. The third-order valence-electron chi connectivity index (χ3n) is 4.13. The van der Waals surface area contributed by atoms with Crippen molar-refractivity contribution in [1.29, 1.82) is 0 Å². The van der Waals surface area contributed by atoms with E-state index in [1.54, 1.807) is 26.8 Å². The maximum Gasteiger partial charge on any atom is 0.340 e. The van der Waals surface area contributed by atoms with Crippen LogP contribution in [0.4, 0.5) is 0 Å². The van der Waals surface area contributed by atoms with Gasteiger partial charge < -0.3 is 24.4 Å². The fraction of sp³-hybridized carbons (Fsp3) is 0.389. The van der Waals surface area contributed by atoms with Crippen LogP contribution in [-0.4, -0.2) is 25.0 Å². The Labute approximate surface area is 154 Å². The Kier molecular flexibility index (Phi) is 5.92. The van der Waals surface area contributed by atoms with Crippen molar-refractivity contribution in [3.05, 3.63) is 38.7 Å². The molecule has 0 aliphatic carbocycles. The number of carboxylic acid groups (broad SMARTS) is 1. The van der Waals surface area contributed by atoms with Gasteiger partial charge in [-0.3, -0.25) is 4.79 Å². The quantitative estimate of drug-likeness (QED) is 0.754. The molecule has 8 heteroatoms. The highest BCUT2D eigenvalue weighted by Gasteiger charge is 2.21. The van der Waals surface area contributed by atoms with Gasteiger partial charge in [0.15, 0.2) is 0 Å². The molecular formula is C18H19ClNO6-. The molecule has 1 heterocycles. The number of rotatable bonds is 6. The Bertz CT molecular complexity index is 918. The van der Waals surface area contributed by atoms with Crippen LogP contribution in [0, 0.1) is 12.8 Å². The largest absolute Gasteiger partial charge is 0.548 e. The standard InChI is InChI=1S/C18H20ClNO6/c1-8(2)16(17(22)23)20-15(21)6-11-9(3)10-5-12(19)14(25-4)7-13(10)26-18(11)24/h5,7-8,16H,6H2,1-4H3,(H,20,21)(H,22,23)/p-1/t16-/m0/s1. The molecule has 2 aromatic rings. The summed E-state index contributed by atoms with van der Waals surface area (Å²) >= 11 is 6.12. The number of ether oxygens (including phenoxy) is 1. The van der Waals surface area contributed by atoms with E-state index in [1.165, 1.54) is 13.2 Å². The van der Waals surface area contributed by atoms with Crippen LogP contribution in [0.3, 0.4) is 0 Å². The van der Waals surface area contributed by atoms with E-state index in [9.17, 15) is 19.5 Å². The highest BCUT2D eigenvalue weighted by molar-refractivity contribution is 6.32. The molecule has 1 aromatic carbocycles. The van der Waals surface area contributed by atoms with E-state index in [-0.39, 0.29) is 23.5 Å². The fourth-order valence-corrected chi connectivity index (χ4v) is 2.87. The van der Waals surface area contributed by atoms with Crippen molar-refractivity contribution in [2.45, 2.75) is 33.2 Å². The number of aryl methyl sites for hydroxylation is 1. The van der Waals surface area contributed by atoms with Crippen LogP contribution in [0.25, 0.3) is 11.0 Å². The molecule has 7 nitrogen and oxygen atoms in total. The molecule has 1 atom stereocenters. The lowest BCUT2D eigenvalue weighted by Gasteiger charge is -2.23. The van der Waals surface area contributed by atoms with Crippen molar-refractivity contribution in [3.8, 4) is 5.75 Å². The molecule has 26 heavy (non-hydrogen) atoms. The fourth-order valence-electron chi connectivity index (χ4n) is 2.63. The molecule has 1 aromatic heterocycles. The van der Waals surface area contributed by atoms with Crippen LogP contribution in [0.15, 0.2) is 21.3 Å². The summed E-state index contributed by atoms with van der Waals surface area (Å²) in [6.45, 7) is 4.96. The Morgan fingerprint density at radius 3 is 2.54 bits per heavy atom. The van der Waals surface area contributed by atoms with E-state index in [0.29, 0.717) is 21.7 Å². The molecule has 0 aliphatic rings. The zero-order valence-electron chi connectivity index (χ0n) is 14.8. The number of halogens is 1. The van der Waals surface area contributed by atoms with Gasteiger partial charge in [-0.05, 0) is 24.5 Å². The van der Waals surface area contributed by atoms with Gasteiger partial charge in [-0.25, -0.2) is 4.79 Å². The lowest BCUT2D eigenvalue weighted by molar-refractivity contribution is -0.309. The molecule has 0 unspecified atom stereocenters. The zero-order chi connectivity index (χ0) is 19.6. The molecule has 1 amide bonds. The number of hydrogen-bond donors (Lipinski definition) is 1. The topological polar surface area (TPSA) is 109 Å². The summed E-state index contributed by atoms with van der Waals surface area (Å²) < 4.78 is 10.4. The first-order valence-corrected chi connectivity index (χ1v) is 8.33. The predicted octanol–water partition coefficient (Wildman–Crippen LogP) is 1.20. The molecule has 0 radical (unpaired) electrons. The smallest absolute Gasteiger partial charge is 0.340 e. The van der Waals surface area contributed by atoms with Crippen LogP contribution in [0.1, 0.15) is 25.0 Å². The molecule has 0 spiro atoms. The normalized spacial score (nSPS) is 12.2. The number of fused-ring (bicyclic) bond motifs is 1. The summed E-state index contributed by atoms with van der Waals surface area (Å²) in [6.07, 6.45) is -0.315. The van der Waals surface area contributed by atoms with E-state index in [1.807, 2.05) is 0 Å². The molecule has 0 saturated carbocycles. The highest BCUT2D eigenvalue weighted by atomic mass is 35.5. The van der Waals surface area contributed by atoms with Crippen LogP contribution in [0.2, 0.25) is 5.02 Å². The predicted molar refractivity (Wildman–Crippen MR) is 94.3 cm³/mol. The first-order valence-electron chi connectivity index (χ1n) is 7.95. The first kappa shape index (κ1) is 19.8. The maximum atomic E-state index is 12.3. The lowest BCUT2D eigenvalue weighted by Crippen LogP contribution is -2.51. The molecule has 0 aliphatic heterocycles.